The van der Waals surface area contributed by atoms with Gasteiger partial charge in [0.1, 0.15) is 0 Å². The molecule has 11 heteroatoms. The summed E-state index contributed by atoms with van der Waals surface area (Å²) in [6, 6.07) is 22.6. The molecule has 0 saturated carbocycles. The molecule has 0 saturated heterocycles. The van der Waals surface area contributed by atoms with Gasteiger partial charge in [-0.2, -0.15) is 5.10 Å². The second-order valence-electron chi connectivity index (χ2n) is 9.59. The van der Waals surface area contributed by atoms with Crippen LogP contribution in [0, 0.1) is 6.92 Å². The van der Waals surface area contributed by atoms with E-state index in [2.05, 4.69) is 15.8 Å². The molecule has 4 aromatic rings. The van der Waals surface area contributed by atoms with Crippen molar-refractivity contribution < 1.29 is 38.1 Å². The number of benzene rings is 4. The van der Waals surface area contributed by atoms with E-state index in [0.717, 1.165) is 5.56 Å². The molecular weight excluding hydrogens is 578 g/mol. The molecule has 0 radical (unpaired) electrons. The van der Waals surface area contributed by atoms with Gasteiger partial charge in [0.15, 0.2) is 23.0 Å². The smallest absolute Gasteiger partial charge is 0.343 e. The van der Waals surface area contributed by atoms with Crippen molar-refractivity contribution in [2.75, 3.05) is 19.0 Å². The minimum absolute atomic E-state index is 0.187. The second kappa shape index (κ2) is 15.0. The maximum absolute atomic E-state index is 12.8. The van der Waals surface area contributed by atoms with Gasteiger partial charge in [-0.1, -0.05) is 23.8 Å². The third-order valence-corrected chi connectivity index (χ3v) is 6.20. The van der Waals surface area contributed by atoms with E-state index in [1.165, 1.54) is 44.5 Å². The summed E-state index contributed by atoms with van der Waals surface area (Å²) < 4.78 is 21.5. The minimum atomic E-state index is -0.519. The van der Waals surface area contributed by atoms with Crippen molar-refractivity contribution in [1.82, 2.24) is 5.43 Å². The first-order valence-corrected chi connectivity index (χ1v) is 13.8. The van der Waals surface area contributed by atoms with Crippen LogP contribution in [0.5, 0.6) is 23.0 Å². The number of carbonyl (C=O) groups is 4. The lowest BCUT2D eigenvalue weighted by molar-refractivity contribution is -0.132. The van der Waals surface area contributed by atoms with Gasteiger partial charge in [-0.3, -0.25) is 14.4 Å². The minimum Gasteiger partial charge on any atom is -0.493 e. The van der Waals surface area contributed by atoms with Crippen molar-refractivity contribution >= 4 is 35.7 Å². The van der Waals surface area contributed by atoms with Crippen molar-refractivity contribution in [3.63, 3.8) is 0 Å². The number of hydrogen-bond donors (Lipinski definition) is 2. The maximum atomic E-state index is 12.8. The Labute approximate surface area is 259 Å². The monoisotopic (exact) mass is 609 g/mol. The van der Waals surface area contributed by atoms with Crippen molar-refractivity contribution in [3.05, 3.63) is 113 Å². The molecule has 45 heavy (non-hydrogen) atoms. The third-order valence-electron chi connectivity index (χ3n) is 6.20. The molecule has 0 aliphatic carbocycles. The molecule has 2 amide bonds. The summed E-state index contributed by atoms with van der Waals surface area (Å²) in [4.78, 5) is 49.5. The lowest BCUT2D eigenvalue weighted by Crippen LogP contribution is -2.18. The number of methoxy groups -OCH3 is 1. The number of anilines is 1. The van der Waals surface area contributed by atoms with Gasteiger partial charge in [-0.25, -0.2) is 10.2 Å². The summed E-state index contributed by atoms with van der Waals surface area (Å²) >= 11 is 0. The second-order valence-corrected chi connectivity index (χ2v) is 9.59. The Morgan fingerprint density at radius 1 is 0.756 bits per heavy atom. The lowest BCUT2D eigenvalue weighted by Gasteiger charge is -2.11. The number of hydrogen-bond acceptors (Lipinski definition) is 9. The van der Waals surface area contributed by atoms with Crippen LogP contribution in [0.2, 0.25) is 0 Å². The van der Waals surface area contributed by atoms with E-state index in [4.69, 9.17) is 18.9 Å². The highest BCUT2D eigenvalue weighted by Crippen LogP contribution is 2.30. The average Bonchev–Trinajstić information content (AvgIpc) is 3.02. The zero-order valence-corrected chi connectivity index (χ0v) is 25.1. The van der Waals surface area contributed by atoms with Crippen LogP contribution in [0.1, 0.15) is 56.0 Å². The zero-order valence-electron chi connectivity index (χ0n) is 25.1. The average molecular weight is 610 g/mol. The lowest BCUT2D eigenvalue weighted by atomic mass is 10.1. The van der Waals surface area contributed by atoms with Crippen molar-refractivity contribution in [2.45, 2.75) is 20.8 Å². The van der Waals surface area contributed by atoms with E-state index in [9.17, 15) is 19.2 Å². The Hall–Kier alpha value is -5.97. The molecule has 0 fully saturated rings. The maximum Gasteiger partial charge on any atom is 0.343 e. The van der Waals surface area contributed by atoms with Crippen LogP contribution < -0.4 is 29.7 Å². The van der Waals surface area contributed by atoms with E-state index in [1.54, 1.807) is 55.5 Å². The van der Waals surface area contributed by atoms with Crippen molar-refractivity contribution in [3.8, 4) is 23.0 Å². The van der Waals surface area contributed by atoms with Crippen LogP contribution in [0.15, 0.2) is 90.0 Å². The van der Waals surface area contributed by atoms with Gasteiger partial charge >= 0.3 is 11.9 Å². The highest BCUT2D eigenvalue weighted by molar-refractivity contribution is 6.05. The number of amides is 2. The Morgan fingerprint density at radius 2 is 1.44 bits per heavy atom. The summed E-state index contributed by atoms with van der Waals surface area (Å²) in [5, 5.41) is 6.75. The number of aryl methyl sites for hydroxylation is 1. The van der Waals surface area contributed by atoms with E-state index in [-0.39, 0.29) is 28.4 Å². The highest BCUT2D eigenvalue weighted by Gasteiger charge is 2.15. The Balaban J connectivity index is 1.39. The quantitative estimate of drug-likeness (QED) is 0.0974. The van der Waals surface area contributed by atoms with Gasteiger partial charge in [-0.05, 0) is 86.1 Å². The SMILES string of the molecule is CCOc1cc(C=NNC(=O)c2cccc(NC(=O)c3ccc(OC(C)=O)c(OC)c3)c2)ccc1OC(=O)c1ccc(C)cc1. The number of rotatable bonds is 11. The van der Waals surface area contributed by atoms with Crippen LogP contribution >= 0.6 is 0 Å². The van der Waals surface area contributed by atoms with Crippen LogP contribution in [0.4, 0.5) is 5.69 Å². The molecular formula is C34H31N3O8. The molecule has 0 unspecified atom stereocenters. The number of hydrazone groups is 1. The predicted molar refractivity (Wildman–Crippen MR) is 168 cm³/mol. The molecule has 4 aromatic carbocycles. The number of nitrogens with one attached hydrogen (secondary N) is 2. The standard InChI is InChI=1S/C34H31N3O8/c1-5-43-31-17-23(11-15-29(31)45-34(41)24-12-9-21(2)10-13-24)20-35-37-33(40)25-7-6-8-27(18-25)36-32(39)26-14-16-28(44-22(3)38)30(19-26)42-4/h6-20H,5H2,1-4H3,(H,36,39)(H,37,40). The fourth-order valence-corrected chi connectivity index (χ4v) is 4.03. The van der Waals surface area contributed by atoms with Crippen LogP contribution in [0.25, 0.3) is 0 Å². The molecule has 0 atom stereocenters. The van der Waals surface area contributed by atoms with Gasteiger partial charge in [0.25, 0.3) is 11.8 Å². The predicted octanol–water partition coefficient (Wildman–Crippen LogP) is 5.56. The topological polar surface area (TPSA) is 142 Å². The number of nitrogens with zero attached hydrogens (tertiary/aromatic N) is 1. The highest BCUT2D eigenvalue weighted by atomic mass is 16.6. The van der Waals surface area contributed by atoms with Crippen LogP contribution in [-0.2, 0) is 4.79 Å². The fourth-order valence-electron chi connectivity index (χ4n) is 4.03. The summed E-state index contributed by atoms with van der Waals surface area (Å²) in [5.74, 6) is -1.01. The molecule has 0 aromatic heterocycles. The fraction of sp³-hybridized carbons (Fsp3) is 0.147. The molecule has 0 spiro atoms. The van der Waals surface area contributed by atoms with Crippen molar-refractivity contribution in [2.24, 2.45) is 5.10 Å². The number of carbonyl (C=O) groups excluding carboxylic acids is 4. The summed E-state index contributed by atoms with van der Waals surface area (Å²) in [6.07, 6.45) is 1.42. The Bertz CT molecular complexity index is 1750. The van der Waals surface area contributed by atoms with Gasteiger partial charge in [0.2, 0.25) is 0 Å². The zero-order chi connectivity index (χ0) is 32.3. The van der Waals surface area contributed by atoms with Crippen LogP contribution in [-0.4, -0.2) is 43.7 Å². The summed E-state index contributed by atoms with van der Waals surface area (Å²) in [5.41, 5.74) is 5.36. The normalized spacial score (nSPS) is 10.6. The van der Waals surface area contributed by atoms with Gasteiger partial charge in [0, 0.05) is 23.7 Å². The Morgan fingerprint density at radius 3 is 2.16 bits per heavy atom. The first kappa shape index (κ1) is 32.0. The van der Waals surface area contributed by atoms with Gasteiger partial charge < -0.3 is 24.3 Å². The molecule has 2 N–H and O–H groups in total. The summed E-state index contributed by atoms with van der Waals surface area (Å²) in [7, 11) is 1.39. The molecule has 11 nitrogen and oxygen atoms in total. The summed E-state index contributed by atoms with van der Waals surface area (Å²) in [6.45, 7) is 5.34. The third kappa shape index (κ3) is 8.77. The largest absolute Gasteiger partial charge is 0.493 e. The first-order valence-electron chi connectivity index (χ1n) is 13.8. The molecule has 0 aliphatic heterocycles. The molecule has 4 rings (SSSR count). The molecule has 0 aliphatic rings. The molecule has 0 heterocycles. The molecule has 0 bridgehead atoms. The number of ether oxygens (including phenoxy) is 4. The van der Waals surface area contributed by atoms with E-state index >= 15 is 0 Å². The first-order chi connectivity index (χ1) is 21.7. The van der Waals surface area contributed by atoms with E-state index in [1.807, 2.05) is 19.1 Å². The van der Waals surface area contributed by atoms with E-state index < -0.39 is 23.8 Å². The van der Waals surface area contributed by atoms with E-state index in [0.29, 0.717) is 29.2 Å². The number of esters is 2. The molecule has 230 valence electrons. The van der Waals surface area contributed by atoms with Gasteiger partial charge in [-0.15, -0.1) is 0 Å². The van der Waals surface area contributed by atoms with Gasteiger partial charge in [0.05, 0.1) is 25.5 Å². The van der Waals surface area contributed by atoms with Crippen LogP contribution in [0.3, 0.4) is 0 Å². The Kier molecular flexibility index (Phi) is 10.6. The van der Waals surface area contributed by atoms with Crippen molar-refractivity contribution in [1.29, 1.82) is 0 Å².